The van der Waals surface area contributed by atoms with Crippen LogP contribution in [0.25, 0.3) is 0 Å². The molecule has 2 aromatic heterocycles. The zero-order valence-electron chi connectivity index (χ0n) is 14.1. The minimum atomic E-state index is -0.0997. The smallest absolute Gasteiger partial charge is 0.282 e. The fraction of sp³-hybridized carbons (Fsp3) is 0.625. The highest BCUT2D eigenvalue weighted by Crippen LogP contribution is 2.23. The first-order valence-electron chi connectivity index (χ1n) is 8.31. The lowest BCUT2D eigenvalue weighted by atomic mass is 9.98. The van der Waals surface area contributed by atoms with Crippen molar-refractivity contribution in [1.29, 1.82) is 0 Å². The van der Waals surface area contributed by atoms with E-state index in [9.17, 15) is 4.79 Å². The number of hydrogen-bond acceptors (Lipinski definition) is 6. The normalized spacial score (nSPS) is 18.3. The molecule has 1 atom stereocenters. The minimum absolute atomic E-state index is 0.0336. The van der Waals surface area contributed by atoms with E-state index in [1.165, 1.54) is 11.3 Å². The molecule has 7 nitrogen and oxygen atoms in total. The van der Waals surface area contributed by atoms with Gasteiger partial charge < -0.3 is 10.0 Å². The maximum Gasteiger partial charge on any atom is 0.282 e. The lowest BCUT2D eigenvalue weighted by Gasteiger charge is -2.32. The van der Waals surface area contributed by atoms with Crippen molar-refractivity contribution >= 4 is 17.2 Å². The number of rotatable bonds is 5. The lowest BCUT2D eigenvalue weighted by molar-refractivity contribution is 0.0658. The Morgan fingerprint density at radius 3 is 3.00 bits per heavy atom. The van der Waals surface area contributed by atoms with E-state index in [-0.39, 0.29) is 12.5 Å². The minimum Gasteiger partial charge on any atom is -0.390 e. The van der Waals surface area contributed by atoms with Gasteiger partial charge in [-0.3, -0.25) is 9.48 Å². The van der Waals surface area contributed by atoms with E-state index in [0.29, 0.717) is 35.6 Å². The molecule has 1 N–H and O–H groups in total. The summed E-state index contributed by atoms with van der Waals surface area (Å²) in [5.41, 5.74) is 1.55. The topological polar surface area (TPSA) is 84.1 Å². The summed E-state index contributed by atoms with van der Waals surface area (Å²) in [6.45, 7) is 6.27. The molecule has 0 unspecified atom stereocenters. The van der Waals surface area contributed by atoms with Gasteiger partial charge in [0.2, 0.25) is 0 Å². The summed E-state index contributed by atoms with van der Waals surface area (Å²) >= 11 is 1.43. The number of aliphatic hydroxyl groups excluding tert-OH is 1. The number of likely N-dealkylation sites (tertiary alicyclic amines) is 1. The van der Waals surface area contributed by atoms with Crippen LogP contribution >= 0.6 is 11.3 Å². The zero-order chi connectivity index (χ0) is 17.1. The van der Waals surface area contributed by atoms with Gasteiger partial charge in [-0.25, -0.2) is 4.98 Å². The summed E-state index contributed by atoms with van der Waals surface area (Å²) in [6, 6.07) is 0. The number of amides is 1. The Morgan fingerprint density at radius 1 is 1.50 bits per heavy atom. The van der Waals surface area contributed by atoms with Crippen LogP contribution in [0.3, 0.4) is 0 Å². The van der Waals surface area contributed by atoms with E-state index in [1.807, 2.05) is 10.3 Å². The molecular weight excluding hydrogens is 326 g/mol. The quantitative estimate of drug-likeness (QED) is 0.891. The van der Waals surface area contributed by atoms with Crippen molar-refractivity contribution in [1.82, 2.24) is 24.9 Å². The molecule has 1 aliphatic rings. The van der Waals surface area contributed by atoms with Gasteiger partial charge in [-0.2, -0.15) is 0 Å². The number of thiazole rings is 1. The maximum absolute atomic E-state index is 12.7. The number of carbonyl (C=O) groups excluding carboxylic acids is 1. The van der Waals surface area contributed by atoms with E-state index < -0.39 is 0 Å². The van der Waals surface area contributed by atoms with Gasteiger partial charge in [-0.1, -0.05) is 19.1 Å². The Balaban J connectivity index is 1.62. The summed E-state index contributed by atoms with van der Waals surface area (Å²) in [6.07, 6.45) is 3.81. The fourth-order valence-corrected chi connectivity index (χ4v) is 3.89. The molecule has 0 spiro atoms. The maximum atomic E-state index is 12.7. The first-order valence-corrected chi connectivity index (χ1v) is 9.19. The summed E-state index contributed by atoms with van der Waals surface area (Å²) in [7, 11) is 0. The highest BCUT2D eigenvalue weighted by molar-refractivity contribution is 7.11. The molecule has 0 saturated carbocycles. The van der Waals surface area contributed by atoms with Crippen LogP contribution in [0, 0.1) is 5.92 Å². The van der Waals surface area contributed by atoms with Crippen molar-refractivity contribution in [3.8, 4) is 0 Å². The van der Waals surface area contributed by atoms with Gasteiger partial charge >= 0.3 is 0 Å². The van der Waals surface area contributed by atoms with E-state index >= 15 is 0 Å². The monoisotopic (exact) mass is 349 g/mol. The Bertz CT molecular complexity index is 696. The van der Waals surface area contributed by atoms with Crippen LogP contribution in [0.1, 0.15) is 53.8 Å². The molecule has 8 heteroatoms. The van der Waals surface area contributed by atoms with Gasteiger partial charge in [0.25, 0.3) is 5.91 Å². The van der Waals surface area contributed by atoms with E-state index in [2.05, 4.69) is 29.1 Å². The van der Waals surface area contributed by atoms with Crippen LogP contribution < -0.4 is 0 Å². The largest absolute Gasteiger partial charge is 0.390 e. The molecule has 1 fully saturated rings. The molecule has 0 aliphatic carbocycles. The first kappa shape index (κ1) is 17.0. The number of piperidine rings is 1. The molecule has 3 rings (SSSR count). The van der Waals surface area contributed by atoms with Crippen LogP contribution in [0.2, 0.25) is 0 Å². The summed E-state index contributed by atoms with van der Waals surface area (Å²) in [4.78, 5) is 19.1. The Morgan fingerprint density at radius 2 is 2.33 bits per heavy atom. The predicted octanol–water partition coefficient (Wildman–Crippen LogP) is 1.90. The third kappa shape index (κ3) is 3.81. The summed E-state index contributed by atoms with van der Waals surface area (Å²) < 4.78 is 1.75. The lowest BCUT2D eigenvalue weighted by Crippen LogP contribution is -2.41. The van der Waals surface area contributed by atoms with E-state index in [0.717, 1.165) is 25.1 Å². The SMILES string of the molecule is CC(C)c1csc(C(=O)N2CCC[C@@H](Cn3cc(CO)nn3)C2)n1. The van der Waals surface area contributed by atoms with E-state index in [4.69, 9.17) is 5.11 Å². The molecule has 0 bridgehead atoms. The van der Waals surface area contributed by atoms with Gasteiger partial charge in [-0.05, 0) is 24.7 Å². The van der Waals surface area contributed by atoms with Crippen LogP contribution in [-0.2, 0) is 13.2 Å². The first-order chi connectivity index (χ1) is 11.6. The molecular formula is C16H23N5O2S. The predicted molar refractivity (Wildman–Crippen MR) is 90.8 cm³/mol. The molecule has 1 amide bonds. The van der Waals surface area contributed by atoms with Gasteiger partial charge in [-0.15, -0.1) is 16.4 Å². The zero-order valence-corrected chi connectivity index (χ0v) is 14.9. The Hall–Kier alpha value is -1.80. The molecule has 3 heterocycles. The average molecular weight is 349 g/mol. The molecule has 24 heavy (non-hydrogen) atoms. The van der Waals surface area contributed by atoms with Gasteiger partial charge in [0.05, 0.1) is 18.5 Å². The molecule has 130 valence electrons. The van der Waals surface area contributed by atoms with Crippen molar-refractivity contribution in [2.75, 3.05) is 13.1 Å². The highest BCUT2D eigenvalue weighted by atomic mass is 32.1. The van der Waals surface area contributed by atoms with Crippen molar-refractivity contribution in [2.45, 2.75) is 45.8 Å². The summed E-state index contributed by atoms with van der Waals surface area (Å²) in [5.74, 6) is 0.719. The standard InChI is InChI=1S/C16H23N5O2S/c1-11(2)14-10-24-15(17-14)16(23)20-5-3-4-12(6-20)7-21-8-13(9-22)18-19-21/h8,10-12,22H,3-7,9H2,1-2H3/t12-/m1/s1. The van der Waals surface area contributed by atoms with Gasteiger partial charge in [0.15, 0.2) is 5.01 Å². The molecule has 0 aromatic carbocycles. The van der Waals surface area contributed by atoms with Crippen molar-refractivity contribution < 1.29 is 9.90 Å². The average Bonchev–Trinajstić information content (AvgIpc) is 3.23. The molecule has 1 saturated heterocycles. The molecule has 2 aromatic rings. The number of aromatic nitrogens is 4. The number of nitrogens with zero attached hydrogens (tertiary/aromatic N) is 5. The molecule has 0 radical (unpaired) electrons. The second kappa shape index (κ2) is 7.40. The van der Waals surface area contributed by atoms with E-state index in [1.54, 1.807) is 10.9 Å². The third-order valence-electron chi connectivity index (χ3n) is 4.30. The van der Waals surface area contributed by atoms with Crippen molar-refractivity contribution in [2.24, 2.45) is 5.92 Å². The number of carbonyl (C=O) groups is 1. The number of hydrogen-bond donors (Lipinski definition) is 1. The second-order valence-corrected chi connectivity index (χ2v) is 7.44. The van der Waals surface area contributed by atoms with Crippen molar-refractivity contribution in [3.63, 3.8) is 0 Å². The van der Waals surface area contributed by atoms with Crippen LogP contribution in [-0.4, -0.2) is 49.0 Å². The molecule has 1 aliphatic heterocycles. The highest BCUT2D eigenvalue weighted by Gasteiger charge is 2.27. The van der Waals surface area contributed by atoms with Crippen LogP contribution in [0.4, 0.5) is 0 Å². The van der Waals surface area contributed by atoms with Gasteiger partial charge in [0.1, 0.15) is 5.69 Å². The van der Waals surface area contributed by atoms with Gasteiger partial charge in [0, 0.05) is 25.0 Å². The summed E-state index contributed by atoms with van der Waals surface area (Å²) in [5, 5.41) is 19.5. The third-order valence-corrected chi connectivity index (χ3v) is 5.14. The van der Waals surface area contributed by atoms with Crippen molar-refractivity contribution in [3.05, 3.63) is 28.0 Å². The Kier molecular flexibility index (Phi) is 5.25. The van der Waals surface area contributed by atoms with Crippen LogP contribution in [0.15, 0.2) is 11.6 Å². The Labute approximate surface area is 145 Å². The second-order valence-electron chi connectivity index (χ2n) is 6.58. The van der Waals surface area contributed by atoms with Crippen LogP contribution in [0.5, 0.6) is 0 Å². The number of aliphatic hydroxyl groups is 1. The fourth-order valence-electron chi connectivity index (χ4n) is 2.95.